The van der Waals surface area contributed by atoms with Crippen LogP contribution in [-0.2, 0) is 83.1 Å². The van der Waals surface area contributed by atoms with Crippen LogP contribution in [0.3, 0.4) is 0 Å². The predicted octanol–water partition coefficient (Wildman–Crippen LogP) is -7.32. The minimum atomic E-state index is -2.27. The molecule has 125 heavy (non-hydrogen) atoms. The summed E-state index contributed by atoms with van der Waals surface area (Å²) in [6.07, 6.45) is -6.67. The Morgan fingerprint density at radius 2 is 1.04 bits per heavy atom. The fraction of sp³-hybridized carbons (Fsp3) is 0.744. The molecule has 1 aromatic rings. The van der Waals surface area contributed by atoms with Gasteiger partial charge < -0.3 is 142 Å². The van der Waals surface area contributed by atoms with E-state index >= 15 is 4.79 Å². The molecule has 4 rings (SSSR count). The highest BCUT2D eigenvalue weighted by Crippen LogP contribution is 2.26. The Kier molecular flexibility index (Phi) is 47.7. The summed E-state index contributed by atoms with van der Waals surface area (Å²) in [6.45, 7) is 9.54. The number of aliphatic hydroxyl groups is 7. The number of hydrogen-bond donors (Lipinski definition) is 23. The Balaban J connectivity index is 1.91. The molecule has 0 saturated carbocycles. The molecule has 3 fully saturated rings. The van der Waals surface area contributed by atoms with E-state index in [1.165, 1.54) is 49.9 Å². The SMILES string of the molecule is CCCCCCCCCCCCC[C@@H]1CC(=O)N[C@@H]([C@@H](C)O)C(=O)N[C@H](C)C(=O)N[C@@H](Cc2ccc(O)cc2)C(=O)N[C@@H](C(C)C)C(=O)N2C[C@H](O)C[C@H]2C(=O)N[C@@H]([C@@H](C)O)C(=O)N[C@@H]([C@@H](C)O)C(=O)N2CC[C@H](O)[C@H]2C(=O)N[C@@H]([C@H](O)CC(N)=O)C(=O)NCC(=O)N[C@@H]([C@@H](C)O)C(=O)N[C@@H](CCCN(CCN)C(=O)[C@H](CCCN)N(CCN)CCN)C(=O)O1. The van der Waals surface area contributed by atoms with Crippen molar-refractivity contribution >= 4 is 88.7 Å². The van der Waals surface area contributed by atoms with Gasteiger partial charge in [-0.15, -0.1) is 0 Å². The molecule has 0 bridgehead atoms. The lowest BCUT2D eigenvalue weighted by Crippen LogP contribution is -2.64. The molecule has 1 aromatic carbocycles. The average Bonchev–Trinajstić information content (AvgIpc) is 1.66. The van der Waals surface area contributed by atoms with Gasteiger partial charge >= 0.3 is 5.97 Å². The monoisotopic (exact) mass is 1780 g/mol. The van der Waals surface area contributed by atoms with Crippen LogP contribution < -0.4 is 81.8 Å². The molecule has 28 N–H and O–H groups in total. The number of aliphatic hydroxyl groups excluding tert-OH is 7. The Morgan fingerprint density at radius 1 is 0.528 bits per heavy atom. The third-order valence-electron chi connectivity index (χ3n) is 22.1. The molecule has 0 aliphatic carbocycles. The number of cyclic esters (lactones) is 1. The molecular formula is C82H141N19O24. The molecule has 0 unspecified atom stereocenters. The smallest absolute Gasteiger partial charge is 0.328 e. The Morgan fingerprint density at radius 3 is 1.59 bits per heavy atom. The van der Waals surface area contributed by atoms with Gasteiger partial charge in [-0.2, -0.15) is 0 Å². The van der Waals surface area contributed by atoms with E-state index in [0.717, 1.165) is 90.4 Å². The number of benzene rings is 1. The number of amides is 14. The number of fused-ring (bicyclic) bond motifs is 2. The van der Waals surface area contributed by atoms with E-state index in [-0.39, 0.29) is 96.1 Å². The molecule has 3 aliphatic rings. The normalized spacial score (nSPS) is 26.2. The lowest BCUT2D eigenvalue weighted by atomic mass is 9.99. The van der Waals surface area contributed by atoms with Crippen molar-refractivity contribution in [3.8, 4) is 5.75 Å². The van der Waals surface area contributed by atoms with Gasteiger partial charge in [0.05, 0.1) is 68.2 Å². The largest absolute Gasteiger partial charge is 0.508 e. The second kappa shape index (κ2) is 55.2. The highest BCUT2D eigenvalue weighted by molar-refractivity contribution is 6.00. The van der Waals surface area contributed by atoms with Crippen LogP contribution in [0, 0.1) is 5.92 Å². The zero-order valence-corrected chi connectivity index (χ0v) is 73.3. The van der Waals surface area contributed by atoms with Crippen LogP contribution in [-0.4, -0.2) is 342 Å². The van der Waals surface area contributed by atoms with E-state index in [2.05, 4.69) is 60.1 Å². The number of rotatable bonds is 37. The van der Waals surface area contributed by atoms with Crippen LogP contribution in [0.4, 0.5) is 0 Å². The van der Waals surface area contributed by atoms with Crippen LogP contribution in [0.25, 0.3) is 0 Å². The maximum atomic E-state index is 15.1. The lowest BCUT2D eigenvalue weighted by molar-refractivity contribution is -0.155. The topological polar surface area (TPSA) is 690 Å². The zero-order valence-electron chi connectivity index (χ0n) is 73.3. The molecule has 14 amide bonds. The first-order chi connectivity index (χ1) is 59.1. The Labute approximate surface area is 729 Å². The van der Waals surface area contributed by atoms with Gasteiger partial charge in [0.1, 0.15) is 78.3 Å². The number of esters is 1. The van der Waals surface area contributed by atoms with Gasteiger partial charge in [0.25, 0.3) is 0 Å². The van der Waals surface area contributed by atoms with Crippen LogP contribution >= 0.6 is 0 Å². The van der Waals surface area contributed by atoms with Crippen molar-refractivity contribution in [1.82, 2.24) is 72.8 Å². The van der Waals surface area contributed by atoms with E-state index in [1.807, 2.05) is 4.90 Å². The number of nitrogens with zero attached hydrogens (tertiary/aromatic N) is 4. The minimum absolute atomic E-state index is 0.00186. The second-order valence-corrected chi connectivity index (χ2v) is 33.1. The number of phenolic OH excluding ortho intramolecular Hbond substituents is 1. The third kappa shape index (κ3) is 35.4. The average molecular weight is 1780 g/mol. The van der Waals surface area contributed by atoms with Crippen molar-refractivity contribution in [3.63, 3.8) is 0 Å². The van der Waals surface area contributed by atoms with Crippen LogP contribution in [0.15, 0.2) is 24.3 Å². The molecule has 0 spiro atoms. The number of ether oxygens (including phenoxy) is 1. The maximum absolute atomic E-state index is 15.1. The maximum Gasteiger partial charge on any atom is 0.328 e. The van der Waals surface area contributed by atoms with Crippen molar-refractivity contribution < 1.29 is 118 Å². The summed E-state index contributed by atoms with van der Waals surface area (Å²) >= 11 is 0. The van der Waals surface area contributed by atoms with Crippen molar-refractivity contribution in [1.29, 1.82) is 0 Å². The molecule has 0 radical (unpaired) electrons. The van der Waals surface area contributed by atoms with Crippen molar-refractivity contribution in [2.24, 2.45) is 34.6 Å². The van der Waals surface area contributed by atoms with Gasteiger partial charge in [-0.3, -0.25) is 72.0 Å². The number of hydrogen-bond acceptors (Lipinski definition) is 29. The lowest BCUT2D eigenvalue weighted by Gasteiger charge is -2.35. The fourth-order valence-electron chi connectivity index (χ4n) is 15.2. The van der Waals surface area contributed by atoms with E-state index in [4.69, 9.17) is 33.4 Å². The number of carbonyl (C=O) groups is 15. The number of aromatic hydroxyl groups is 1. The highest BCUT2D eigenvalue weighted by Gasteiger charge is 2.49. The van der Waals surface area contributed by atoms with Gasteiger partial charge in [0, 0.05) is 71.7 Å². The molecule has 3 aliphatic heterocycles. The van der Waals surface area contributed by atoms with Gasteiger partial charge in [-0.05, 0) is 110 Å². The Bertz CT molecular complexity index is 3650. The minimum Gasteiger partial charge on any atom is -0.508 e. The predicted molar refractivity (Wildman–Crippen MR) is 454 cm³/mol. The number of nitrogens with two attached hydrogens (primary N) is 5. The summed E-state index contributed by atoms with van der Waals surface area (Å²) in [5.74, 6) is -18.0. The van der Waals surface area contributed by atoms with Crippen LogP contribution in [0.2, 0.25) is 0 Å². The molecular weight excluding hydrogens is 1640 g/mol. The summed E-state index contributed by atoms with van der Waals surface area (Å²) in [4.78, 5) is 221. The van der Waals surface area contributed by atoms with E-state index in [1.54, 1.807) is 0 Å². The molecule has 20 atom stereocenters. The molecule has 43 nitrogen and oxygen atoms in total. The van der Waals surface area contributed by atoms with Gasteiger partial charge in [-0.1, -0.05) is 97.1 Å². The van der Waals surface area contributed by atoms with Crippen molar-refractivity contribution in [3.05, 3.63) is 29.8 Å². The number of carbonyl (C=O) groups excluding carboxylic acids is 15. The number of nitrogens with one attached hydrogen (secondary N) is 10. The van der Waals surface area contributed by atoms with Gasteiger partial charge in [0.15, 0.2) is 0 Å². The molecule has 3 heterocycles. The van der Waals surface area contributed by atoms with Gasteiger partial charge in [0.2, 0.25) is 82.7 Å². The van der Waals surface area contributed by atoms with Crippen LogP contribution in [0.5, 0.6) is 5.75 Å². The fourth-order valence-corrected chi connectivity index (χ4v) is 15.2. The van der Waals surface area contributed by atoms with Gasteiger partial charge in [-0.25, -0.2) is 4.79 Å². The quantitative estimate of drug-likeness (QED) is 0.0217. The summed E-state index contributed by atoms with van der Waals surface area (Å²) in [7, 11) is 0. The van der Waals surface area contributed by atoms with Crippen LogP contribution in [0.1, 0.15) is 189 Å². The first kappa shape index (κ1) is 108. The molecule has 708 valence electrons. The molecule has 0 aromatic heterocycles. The summed E-state index contributed by atoms with van der Waals surface area (Å²) in [5, 5.41) is 112. The third-order valence-corrected chi connectivity index (χ3v) is 22.1. The Hall–Kier alpha value is -9.41. The first-order valence-electron chi connectivity index (χ1n) is 43.6. The number of primary amides is 1. The zero-order chi connectivity index (χ0) is 93.5. The summed E-state index contributed by atoms with van der Waals surface area (Å²) in [5.41, 5.74) is 29.7. The highest BCUT2D eigenvalue weighted by atomic mass is 16.5. The van der Waals surface area contributed by atoms with Crippen molar-refractivity contribution in [2.45, 2.75) is 312 Å². The molecule has 43 heteroatoms. The summed E-state index contributed by atoms with van der Waals surface area (Å²) in [6, 6.07) is -15.7. The second-order valence-electron chi connectivity index (χ2n) is 33.1. The summed E-state index contributed by atoms with van der Waals surface area (Å²) < 4.78 is 6.17. The number of phenols is 1. The molecule has 3 saturated heterocycles. The van der Waals surface area contributed by atoms with E-state index < -0.39 is 249 Å². The van der Waals surface area contributed by atoms with E-state index in [0.29, 0.717) is 36.1 Å². The number of unbranched alkanes of at least 4 members (excludes halogenated alkanes) is 10. The standard InChI is InChI=1S/C82H141N19O24/c1-9-10-11-12-13-14-15-16-17-18-19-22-54-41-62(111)92-65(47(5)102)75(117)89-46(4)71(113)91-56(39-51-25-27-52(106)28-26-51)72(114)94-64(45(2)3)80(122)101-44-53(107)40-58(101)73(115)95-67(49(7)104)77(119)96-68(50(8)105)81(123)100-35-29-59(108)70(100)78(120)97-69(60(109)42-61(87)110)74(116)88-43-63(112)93-66(48(6)103)76(118)90-55(82(124)125-54)23-21-34-99(38-33-86)79(121)57(24-20-30-83)98(36-31-84)37-32-85/h25-28,45-50,53-60,64-70,102-109H,9-24,29-44,83-86H2,1-8H3,(H2,87,110)(H,88,116)(H,89,117)(H,90,118)(H,91,113)(H,92,111)(H,93,112)(H,94,114)(H,95,115)(H,96,119)(H,97,120)/t46-,47-,48-,49-,50-,53-,54-,55+,56+,57+,58+,59+,60-,64+,65+,66+,67+,68+,69+,70+/m1/s1. The van der Waals surface area contributed by atoms with E-state index in [9.17, 15) is 108 Å². The first-order valence-corrected chi connectivity index (χ1v) is 43.6. The van der Waals surface area contributed by atoms with Crippen molar-refractivity contribution in [2.75, 3.05) is 72.0 Å².